The van der Waals surface area contributed by atoms with E-state index in [9.17, 15) is 4.79 Å². The van der Waals surface area contributed by atoms with Gasteiger partial charge in [-0.15, -0.1) is 0 Å². The maximum Gasteiger partial charge on any atom is 0.198 e. The lowest BCUT2D eigenvalue weighted by Gasteiger charge is -2.23. The Hall–Kier alpha value is -0.670. The molecule has 0 radical (unpaired) electrons. The Labute approximate surface area is 74.0 Å². The Morgan fingerprint density at radius 2 is 2.33 bits per heavy atom. The summed E-state index contributed by atoms with van der Waals surface area (Å²) >= 11 is 0. The van der Waals surface area contributed by atoms with Gasteiger partial charge in [0.05, 0.1) is 0 Å². The third kappa shape index (κ3) is 3.15. The van der Waals surface area contributed by atoms with E-state index < -0.39 is 6.23 Å². The summed E-state index contributed by atoms with van der Waals surface area (Å²) in [5, 5.41) is 0. The number of methoxy groups -OCH3 is 1. The van der Waals surface area contributed by atoms with E-state index in [-0.39, 0.29) is 5.78 Å². The van der Waals surface area contributed by atoms with Crippen LogP contribution in [0.15, 0.2) is 12.7 Å². The fourth-order valence-electron chi connectivity index (χ4n) is 1.08. The first-order valence-electron chi connectivity index (χ1n) is 4.06. The number of ketones is 1. The molecule has 0 aliphatic carbocycles. The molecule has 0 aromatic heterocycles. The molecule has 0 saturated heterocycles. The average molecular weight is 171 g/mol. The van der Waals surface area contributed by atoms with Gasteiger partial charge in [-0.05, 0) is 19.5 Å². The Kier molecular flexibility index (Phi) is 5.58. The Balaban J connectivity index is 4.12. The van der Waals surface area contributed by atoms with Crippen molar-refractivity contribution in [1.82, 2.24) is 4.90 Å². The van der Waals surface area contributed by atoms with Crippen molar-refractivity contribution in [2.75, 3.05) is 20.7 Å². The second kappa shape index (κ2) is 5.91. The summed E-state index contributed by atoms with van der Waals surface area (Å²) in [5.41, 5.74) is 0. The molecule has 0 aromatic rings. The summed E-state index contributed by atoms with van der Waals surface area (Å²) in [6, 6.07) is 0. The van der Waals surface area contributed by atoms with Crippen LogP contribution in [0.1, 0.15) is 13.3 Å². The van der Waals surface area contributed by atoms with E-state index in [2.05, 4.69) is 13.5 Å². The van der Waals surface area contributed by atoms with Crippen LogP contribution >= 0.6 is 0 Å². The lowest BCUT2D eigenvalue weighted by Crippen LogP contribution is -2.39. The van der Waals surface area contributed by atoms with Crippen LogP contribution in [0.25, 0.3) is 0 Å². The van der Waals surface area contributed by atoms with Gasteiger partial charge in [-0.1, -0.05) is 13.5 Å². The quantitative estimate of drug-likeness (QED) is 0.442. The van der Waals surface area contributed by atoms with Crippen molar-refractivity contribution >= 4 is 5.78 Å². The van der Waals surface area contributed by atoms with Crippen molar-refractivity contribution in [2.45, 2.75) is 19.6 Å². The highest BCUT2D eigenvalue weighted by molar-refractivity contribution is 5.92. The van der Waals surface area contributed by atoms with Crippen LogP contribution < -0.4 is 0 Å². The number of carbonyl (C=O) groups excluding carboxylic acids is 1. The Morgan fingerprint density at radius 1 is 1.75 bits per heavy atom. The summed E-state index contributed by atoms with van der Waals surface area (Å²) in [6.07, 6.45) is 1.82. The van der Waals surface area contributed by atoms with Crippen molar-refractivity contribution in [3.05, 3.63) is 12.7 Å². The maximum atomic E-state index is 11.2. The molecule has 1 unspecified atom stereocenters. The van der Waals surface area contributed by atoms with Crippen LogP contribution in [0.5, 0.6) is 0 Å². The van der Waals surface area contributed by atoms with Gasteiger partial charge in [-0.2, -0.15) is 0 Å². The summed E-state index contributed by atoms with van der Waals surface area (Å²) < 4.78 is 5.02. The van der Waals surface area contributed by atoms with Gasteiger partial charge >= 0.3 is 0 Å². The molecule has 0 amide bonds. The number of hydrogen-bond acceptors (Lipinski definition) is 3. The van der Waals surface area contributed by atoms with Crippen molar-refractivity contribution in [3.8, 4) is 0 Å². The minimum atomic E-state index is -0.470. The van der Waals surface area contributed by atoms with Gasteiger partial charge in [-0.25, -0.2) is 0 Å². The zero-order valence-corrected chi connectivity index (χ0v) is 8.04. The lowest BCUT2D eigenvalue weighted by molar-refractivity contribution is -0.133. The molecule has 0 spiro atoms. The first-order chi connectivity index (χ1) is 5.67. The molecular formula is C9H17NO2. The van der Waals surface area contributed by atoms with Crippen molar-refractivity contribution < 1.29 is 9.53 Å². The van der Waals surface area contributed by atoms with E-state index in [4.69, 9.17) is 4.74 Å². The zero-order chi connectivity index (χ0) is 9.56. The smallest absolute Gasteiger partial charge is 0.198 e. The SMILES string of the molecule is C=CC(=O)C(OC)N(C)CCC. The van der Waals surface area contributed by atoms with Crippen LogP contribution in [-0.4, -0.2) is 37.6 Å². The molecule has 3 heteroatoms. The monoisotopic (exact) mass is 171 g/mol. The summed E-state index contributed by atoms with van der Waals surface area (Å²) in [6.45, 7) is 6.32. The number of nitrogens with zero attached hydrogens (tertiary/aromatic N) is 1. The molecule has 12 heavy (non-hydrogen) atoms. The first kappa shape index (κ1) is 11.3. The molecule has 0 N–H and O–H groups in total. The molecule has 0 bridgehead atoms. The topological polar surface area (TPSA) is 29.5 Å². The van der Waals surface area contributed by atoms with E-state index in [1.54, 1.807) is 0 Å². The van der Waals surface area contributed by atoms with Gasteiger partial charge in [0.25, 0.3) is 0 Å². The van der Waals surface area contributed by atoms with E-state index in [0.717, 1.165) is 13.0 Å². The maximum absolute atomic E-state index is 11.2. The van der Waals surface area contributed by atoms with Crippen LogP contribution in [0.4, 0.5) is 0 Å². The highest BCUT2D eigenvalue weighted by Crippen LogP contribution is 2.00. The third-order valence-corrected chi connectivity index (χ3v) is 1.64. The molecule has 0 heterocycles. The summed E-state index contributed by atoms with van der Waals surface area (Å²) in [7, 11) is 3.39. The highest BCUT2D eigenvalue weighted by Gasteiger charge is 2.18. The van der Waals surface area contributed by atoms with Crippen molar-refractivity contribution in [2.24, 2.45) is 0 Å². The molecule has 0 saturated carbocycles. The largest absolute Gasteiger partial charge is 0.359 e. The molecule has 0 rings (SSSR count). The average Bonchev–Trinajstić information content (AvgIpc) is 2.06. The number of likely N-dealkylation sites (N-methyl/N-ethyl adjacent to an activating group) is 1. The van der Waals surface area contributed by atoms with Crippen LogP contribution in [-0.2, 0) is 9.53 Å². The van der Waals surface area contributed by atoms with Gasteiger partial charge < -0.3 is 4.74 Å². The van der Waals surface area contributed by atoms with E-state index in [0.29, 0.717) is 0 Å². The number of carbonyl (C=O) groups is 1. The van der Waals surface area contributed by atoms with Crippen molar-refractivity contribution in [1.29, 1.82) is 0 Å². The predicted octanol–water partition coefficient (Wildman–Crippen LogP) is 1.06. The highest BCUT2D eigenvalue weighted by atomic mass is 16.5. The number of rotatable bonds is 6. The minimum absolute atomic E-state index is 0.0894. The van der Waals surface area contributed by atoms with E-state index >= 15 is 0 Å². The van der Waals surface area contributed by atoms with Crippen LogP contribution in [0.2, 0.25) is 0 Å². The van der Waals surface area contributed by atoms with Crippen molar-refractivity contribution in [3.63, 3.8) is 0 Å². The zero-order valence-electron chi connectivity index (χ0n) is 8.04. The fourth-order valence-corrected chi connectivity index (χ4v) is 1.08. The van der Waals surface area contributed by atoms with Gasteiger partial charge in [0.2, 0.25) is 0 Å². The summed E-state index contributed by atoms with van der Waals surface area (Å²) in [5.74, 6) is -0.0894. The van der Waals surface area contributed by atoms with E-state index in [1.807, 2.05) is 11.9 Å². The number of ether oxygens (including phenoxy) is 1. The normalized spacial score (nSPS) is 13.0. The molecular weight excluding hydrogens is 154 g/mol. The first-order valence-corrected chi connectivity index (χ1v) is 4.06. The molecule has 0 aromatic carbocycles. The van der Waals surface area contributed by atoms with E-state index in [1.165, 1.54) is 13.2 Å². The molecule has 0 fully saturated rings. The second-order valence-electron chi connectivity index (χ2n) is 2.68. The van der Waals surface area contributed by atoms with Gasteiger partial charge in [0, 0.05) is 13.7 Å². The minimum Gasteiger partial charge on any atom is -0.359 e. The Morgan fingerprint density at radius 3 is 2.67 bits per heavy atom. The second-order valence-corrected chi connectivity index (χ2v) is 2.68. The van der Waals surface area contributed by atoms with Gasteiger partial charge in [0.15, 0.2) is 12.0 Å². The van der Waals surface area contributed by atoms with Crippen LogP contribution in [0.3, 0.4) is 0 Å². The molecule has 3 nitrogen and oxygen atoms in total. The standard InChI is InChI=1S/C9H17NO2/c1-5-7-10(3)9(12-4)8(11)6-2/h6,9H,2,5,7H2,1,3-4H3. The van der Waals surface area contributed by atoms with Gasteiger partial charge in [0.1, 0.15) is 0 Å². The lowest BCUT2D eigenvalue weighted by atomic mass is 10.3. The molecule has 1 atom stereocenters. The predicted molar refractivity (Wildman–Crippen MR) is 48.9 cm³/mol. The van der Waals surface area contributed by atoms with Gasteiger partial charge in [-0.3, -0.25) is 9.69 Å². The summed E-state index contributed by atoms with van der Waals surface area (Å²) in [4.78, 5) is 13.0. The van der Waals surface area contributed by atoms with Crippen LogP contribution in [0, 0.1) is 0 Å². The molecule has 0 aliphatic rings. The number of hydrogen-bond donors (Lipinski definition) is 0. The third-order valence-electron chi connectivity index (χ3n) is 1.64. The Bertz CT molecular complexity index is 157. The molecule has 70 valence electrons. The fraction of sp³-hybridized carbons (Fsp3) is 0.667. The molecule has 0 aliphatic heterocycles.